The van der Waals surface area contributed by atoms with E-state index in [-0.39, 0.29) is 0 Å². The minimum atomic E-state index is 0.628. The lowest BCUT2D eigenvalue weighted by atomic mass is 10.0. The van der Waals surface area contributed by atoms with Crippen LogP contribution >= 0.6 is 11.3 Å². The van der Waals surface area contributed by atoms with Crippen molar-refractivity contribution in [2.24, 2.45) is 0 Å². The predicted molar refractivity (Wildman–Crippen MR) is 84.2 cm³/mol. The first-order chi connectivity index (χ1) is 10.4. The zero-order valence-corrected chi connectivity index (χ0v) is 13.2. The van der Waals surface area contributed by atoms with Gasteiger partial charge in [0, 0.05) is 6.04 Å². The van der Waals surface area contributed by atoms with E-state index >= 15 is 0 Å². The van der Waals surface area contributed by atoms with Crippen molar-refractivity contribution >= 4 is 11.3 Å². The van der Waals surface area contributed by atoms with Crippen LogP contribution in [0.15, 0.2) is 21.9 Å². The molecule has 6 heteroatoms. The third-order valence-corrected chi connectivity index (χ3v) is 4.73. The Morgan fingerprint density at radius 2 is 2.24 bits per heavy atom. The molecule has 1 saturated heterocycles. The maximum Gasteiger partial charge on any atom is 0.257 e. The fourth-order valence-corrected chi connectivity index (χ4v) is 3.49. The highest BCUT2D eigenvalue weighted by molar-refractivity contribution is 7.13. The summed E-state index contributed by atoms with van der Waals surface area (Å²) in [7, 11) is 0. The van der Waals surface area contributed by atoms with Gasteiger partial charge in [-0.05, 0) is 50.3 Å². The lowest BCUT2D eigenvalue weighted by Crippen LogP contribution is -2.43. The van der Waals surface area contributed by atoms with E-state index in [1.165, 1.54) is 12.8 Å². The summed E-state index contributed by atoms with van der Waals surface area (Å²) in [6, 6.07) is 4.64. The van der Waals surface area contributed by atoms with Gasteiger partial charge in [0.15, 0.2) is 0 Å². The lowest BCUT2D eigenvalue weighted by Gasteiger charge is -2.33. The van der Waals surface area contributed by atoms with Gasteiger partial charge in [0.05, 0.1) is 11.4 Å². The molecule has 3 heterocycles. The Morgan fingerprint density at radius 3 is 2.95 bits per heavy atom. The zero-order valence-electron chi connectivity index (χ0n) is 12.4. The van der Waals surface area contributed by atoms with Crippen molar-refractivity contribution in [2.45, 2.75) is 38.8 Å². The SMILES string of the molecule is CCCN(Cc1nnc(-c2cccs2)o1)C1CCNCC1. The summed E-state index contributed by atoms with van der Waals surface area (Å²) < 4.78 is 5.83. The highest BCUT2D eigenvalue weighted by Gasteiger charge is 2.22. The molecule has 2 aromatic rings. The molecule has 0 saturated carbocycles. The van der Waals surface area contributed by atoms with Gasteiger partial charge in [0.1, 0.15) is 0 Å². The van der Waals surface area contributed by atoms with E-state index in [0.717, 1.165) is 43.4 Å². The number of aromatic nitrogens is 2. The van der Waals surface area contributed by atoms with E-state index < -0.39 is 0 Å². The monoisotopic (exact) mass is 306 g/mol. The molecule has 0 amide bonds. The summed E-state index contributed by atoms with van der Waals surface area (Å²) in [6.45, 7) is 6.28. The van der Waals surface area contributed by atoms with Crippen LogP contribution in [-0.4, -0.2) is 40.8 Å². The van der Waals surface area contributed by atoms with Crippen LogP contribution in [0.1, 0.15) is 32.1 Å². The molecule has 0 bridgehead atoms. The number of hydrogen-bond acceptors (Lipinski definition) is 6. The highest BCUT2D eigenvalue weighted by Crippen LogP contribution is 2.24. The first-order valence-electron chi connectivity index (χ1n) is 7.68. The maximum atomic E-state index is 5.83. The van der Waals surface area contributed by atoms with E-state index in [2.05, 4.69) is 27.3 Å². The molecular weight excluding hydrogens is 284 g/mol. The van der Waals surface area contributed by atoms with E-state index in [1.54, 1.807) is 11.3 Å². The molecule has 0 unspecified atom stereocenters. The Hall–Kier alpha value is -1.24. The molecule has 0 atom stereocenters. The Morgan fingerprint density at radius 1 is 1.38 bits per heavy atom. The van der Waals surface area contributed by atoms with E-state index in [4.69, 9.17) is 4.42 Å². The second-order valence-corrected chi connectivity index (χ2v) is 6.38. The number of thiophene rings is 1. The van der Waals surface area contributed by atoms with Crippen molar-refractivity contribution in [2.75, 3.05) is 19.6 Å². The van der Waals surface area contributed by atoms with Crippen molar-refractivity contribution in [3.05, 3.63) is 23.4 Å². The molecule has 0 aromatic carbocycles. The van der Waals surface area contributed by atoms with Gasteiger partial charge in [-0.3, -0.25) is 4.90 Å². The van der Waals surface area contributed by atoms with Crippen LogP contribution < -0.4 is 5.32 Å². The number of piperidine rings is 1. The molecule has 2 aromatic heterocycles. The van der Waals surface area contributed by atoms with Gasteiger partial charge < -0.3 is 9.73 Å². The Kier molecular flexibility index (Phi) is 5.00. The molecule has 21 heavy (non-hydrogen) atoms. The van der Waals surface area contributed by atoms with Gasteiger partial charge in [-0.25, -0.2) is 0 Å². The third-order valence-electron chi connectivity index (χ3n) is 3.87. The van der Waals surface area contributed by atoms with Crippen LogP contribution in [0.3, 0.4) is 0 Å². The van der Waals surface area contributed by atoms with E-state index in [0.29, 0.717) is 11.9 Å². The molecule has 1 fully saturated rings. The normalized spacial score (nSPS) is 16.7. The van der Waals surface area contributed by atoms with Crippen LogP contribution in [0.4, 0.5) is 0 Å². The van der Waals surface area contributed by atoms with Gasteiger partial charge in [0.2, 0.25) is 5.89 Å². The second kappa shape index (κ2) is 7.15. The van der Waals surface area contributed by atoms with Crippen molar-refractivity contribution < 1.29 is 4.42 Å². The van der Waals surface area contributed by atoms with Crippen LogP contribution in [-0.2, 0) is 6.54 Å². The minimum Gasteiger partial charge on any atom is -0.419 e. The molecule has 3 rings (SSSR count). The molecule has 0 aliphatic carbocycles. The minimum absolute atomic E-state index is 0.628. The summed E-state index contributed by atoms with van der Waals surface area (Å²) in [4.78, 5) is 3.53. The summed E-state index contributed by atoms with van der Waals surface area (Å²) in [5, 5.41) is 13.8. The molecule has 0 radical (unpaired) electrons. The summed E-state index contributed by atoms with van der Waals surface area (Å²) in [5.41, 5.74) is 0. The second-order valence-electron chi connectivity index (χ2n) is 5.43. The number of nitrogens with zero attached hydrogens (tertiary/aromatic N) is 3. The molecule has 1 aliphatic rings. The van der Waals surface area contributed by atoms with Crippen LogP contribution in [0, 0.1) is 0 Å². The number of nitrogens with one attached hydrogen (secondary N) is 1. The fourth-order valence-electron chi connectivity index (χ4n) is 2.84. The molecule has 114 valence electrons. The van der Waals surface area contributed by atoms with Crippen LogP contribution in [0.25, 0.3) is 10.8 Å². The van der Waals surface area contributed by atoms with Gasteiger partial charge in [0.25, 0.3) is 5.89 Å². The number of hydrogen-bond donors (Lipinski definition) is 1. The zero-order chi connectivity index (χ0) is 14.5. The van der Waals surface area contributed by atoms with Crippen molar-refractivity contribution in [1.29, 1.82) is 0 Å². The third kappa shape index (κ3) is 3.70. The molecule has 5 nitrogen and oxygen atoms in total. The summed E-state index contributed by atoms with van der Waals surface area (Å²) in [6.07, 6.45) is 3.55. The van der Waals surface area contributed by atoms with E-state index in [1.807, 2.05) is 17.5 Å². The molecule has 1 N–H and O–H groups in total. The van der Waals surface area contributed by atoms with Crippen LogP contribution in [0.2, 0.25) is 0 Å². The van der Waals surface area contributed by atoms with Gasteiger partial charge in [-0.15, -0.1) is 21.5 Å². The average Bonchev–Trinajstić information content (AvgIpc) is 3.19. The summed E-state index contributed by atoms with van der Waals surface area (Å²) >= 11 is 1.63. The Labute approximate surface area is 129 Å². The molecule has 0 spiro atoms. The van der Waals surface area contributed by atoms with Gasteiger partial charge in [-0.1, -0.05) is 13.0 Å². The van der Waals surface area contributed by atoms with Crippen LogP contribution in [0.5, 0.6) is 0 Å². The Bertz CT molecular complexity index is 534. The smallest absolute Gasteiger partial charge is 0.257 e. The first kappa shape index (κ1) is 14.7. The molecular formula is C15H22N4OS. The number of rotatable bonds is 6. The van der Waals surface area contributed by atoms with E-state index in [9.17, 15) is 0 Å². The van der Waals surface area contributed by atoms with Crippen molar-refractivity contribution in [3.63, 3.8) is 0 Å². The first-order valence-corrected chi connectivity index (χ1v) is 8.56. The average molecular weight is 306 g/mol. The predicted octanol–water partition coefficient (Wildman–Crippen LogP) is 2.76. The Balaban J connectivity index is 1.67. The fraction of sp³-hybridized carbons (Fsp3) is 0.600. The lowest BCUT2D eigenvalue weighted by molar-refractivity contribution is 0.141. The largest absolute Gasteiger partial charge is 0.419 e. The maximum absolute atomic E-state index is 5.83. The highest BCUT2D eigenvalue weighted by atomic mass is 32.1. The van der Waals surface area contributed by atoms with Crippen molar-refractivity contribution in [1.82, 2.24) is 20.4 Å². The standard InChI is InChI=1S/C15H22N4OS/c1-2-9-19(12-5-7-16-8-6-12)11-14-17-18-15(20-14)13-4-3-10-21-13/h3-4,10,12,16H,2,5-9,11H2,1H3. The van der Waals surface area contributed by atoms with Crippen molar-refractivity contribution in [3.8, 4) is 10.8 Å². The molecule has 1 aliphatic heterocycles. The quantitative estimate of drug-likeness (QED) is 0.889. The van der Waals surface area contributed by atoms with Gasteiger partial charge >= 0.3 is 0 Å². The van der Waals surface area contributed by atoms with Gasteiger partial charge in [-0.2, -0.15) is 0 Å². The topological polar surface area (TPSA) is 54.2 Å². The summed E-state index contributed by atoms with van der Waals surface area (Å²) in [5.74, 6) is 1.37.